The Labute approximate surface area is 117 Å². The third-order valence-electron chi connectivity index (χ3n) is 3.22. The summed E-state index contributed by atoms with van der Waals surface area (Å²) in [5.74, 6) is -0.810. The van der Waals surface area contributed by atoms with E-state index in [4.69, 9.17) is 11.6 Å². The second-order valence-electron chi connectivity index (χ2n) is 4.61. The summed E-state index contributed by atoms with van der Waals surface area (Å²) < 4.78 is 13.5. The summed E-state index contributed by atoms with van der Waals surface area (Å²) in [6.45, 7) is 6.61. The van der Waals surface area contributed by atoms with Crippen LogP contribution in [0, 0.1) is 15.9 Å². The highest BCUT2D eigenvalue weighted by molar-refractivity contribution is 6.31. The van der Waals surface area contributed by atoms with Crippen LogP contribution < -0.4 is 5.32 Å². The molecule has 2 unspecified atom stereocenters. The summed E-state index contributed by atoms with van der Waals surface area (Å²) >= 11 is 5.60. The summed E-state index contributed by atoms with van der Waals surface area (Å²) in [7, 11) is 0. The summed E-state index contributed by atoms with van der Waals surface area (Å²) in [5.41, 5.74) is 0.229. The molecule has 0 fully saturated rings. The Bertz CT molecular complexity index is 468. The van der Waals surface area contributed by atoms with Gasteiger partial charge in [-0.3, -0.25) is 10.1 Å². The van der Waals surface area contributed by atoms with Crippen LogP contribution in [0.1, 0.15) is 38.7 Å². The van der Waals surface area contributed by atoms with E-state index in [9.17, 15) is 14.5 Å². The quantitative estimate of drug-likeness (QED) is 0.638. The van der Waals surface area contributed by atoms with Crippen LogP contribution >= 0.6 is 11.6 Å². The summed E-state index contributed by atoms with van der Waals surface area (Å²) in [4.78, 5) is 10.5. The molecule has 106 valence electrons. The third-order valence-corrected chi connectivity index (χ3v) is 3.51. The van der Waals surface area contributed by atoms with E-state index < -0.39 is 10.7 Å². The van der Waals surface area contributed by atoms with Gasteiger partial charge in [-0.1, -0.05) is 25.4 Å². The minimum Gasteiger partial charge on any atom is -0.314 e. The van der Waals surface area contributed by atoms with E-state index in [0.717, 1.165) is 25.1 Å². The molecule has 0 saturated carbocycles. The highest BCUT2D eigenvalue weighted by atomic mass is 35.5. The van der Waals surface area contributed by atoms with Crippen LogP contribution in [0.4, 0.5) is 10.1 Å². The predicted octanol–water partition coefficient (Wildman–Crippen LogP) is 3.88. The van der Waals surface area contributed by atoms with Crippen molar-refractivity contribution in [2.75, 3.05) is 6.54 Å². The maximum atomic E-state index is 13.5. The number of hydrogen-bond donors (Lipinski definition) is 1. The molecule has 0 amide bonds. The minimum absolute atomic E-state index is 0.0132. The first-order valence-corrected chi connectivity index (χ1v) is 6.63. The average molecular weight is 289 g/mol. The highest BCUT2D eigenvalue weighted by Gasteiger charge is 2.25. The second-order valence-corrected chi connectivity index (χ2v) is 5.02. The van der Waals surface area contributed by atoms with Crippen molar-refractivity contribution in [1.82, 2.24) is 5.32 Å². The van der Waals surface area contributed by atoms with Crippen LogP contribution in [0.25, 0.3) is 0 Å². The molecule has 0 heterocycles. The van der Waals surface area contributed by atoms with Crippen LogP contribution in [0.3, 0.4) is 0 Å². The molecule has 0 saturated heterocycles. The van der Waals surface area contributed by atoms with Crippen LogP contribution in [0.2, 0.25) is 5.02 Å². The number of halogens is 2. The Morgan fingerprint density at radius 2 is 2.11 bits per heavy atom. The molecule has 0 radical (unpaired) electrons. The number of nitro benzene ring substituents is 1. The Morgan fingerprint density at radius 1 is 1.47 bits per heavy atom. The SMILES string of the molecule is CCCNC(C)C(C)c1cc(F)c(Cl)cc1[N+](=O)[O-]. The Morgan fingerprint density at radius 3 is 2.63 bits per heavy atom. The fourth-order valence-corrected chi connectivity index (χ4v) is 2.05. The number of benzene rings is 1. The van der Waals surface area contributed by atoms with Gasteiger partial charge >= 0.3 is 0 Å². The first kappa shape index (κ1) is 15.9. The van der Waals surface area contributed by atoms with Crippen molar-refractivity contribution in [3.63, 3.8) is 0 Å². The highest BCUT2D eigenvalue weighted by Crippen LogP contribution is 2.32. The first-order chi connectivity index (χ1) is 8.88. The van der Waals surface area contributed by atoms with E-state index in [1.807, 2.05) is 20.8 Å². The molecule has 1 aromatic rings. The van der Waals surface area contributed by atoms with Crippen molar-refractivity contribution in [3.05, 3.63) is 38.7 Å². The predicted molar refractivity (Wildman–Crippen MR) is 74.2 cm³/mol. The van der Waals surface area contributed by atoms with Gasteiger partial charge in [0.15, 0.2) is 0 Å². The van der Waals surface area contributed by atoms with Gasteiger partial charge in [-0.25, -0.2) is 4.39 Å². The molecule has 19 heavy (non-hydrogen) atoms. The molecule has 0 aliphatic carbocycles. The number of nitrogens with zero attached hydrogens (tertiary/aromatic N) is 1. The zero-order chi connectivity index (χ0) is 14.6. The van der Waals surface area contributed by atoms with E-state index in [1.54, 1.807) is 0 Å². The maximum absolute atomic E-state index is 13.5. The normalized spacial score (nSPS) is 14.2. The van der Waals surface area contributed by atoms with Gasteiger partial charge in [-0.15, -0.1) is 0 Å². The van der Waals surface area contributed by atoms with Crippen molar-refractivity contribution >= 4 is 17.3 Å². The Kier molecular flexibility index (Phi) is 5.69. The van der Waals surface area contributed by atoms with Crippen molar-refractivity contribution in [1.29, 1.82) is 0 Å². The van der Waals surface area contributed by atoms with Crippen molar-refractivity contribution < 1.29 is 9.31 Å². The molecule has 0 aliphatic rings. The molecule has 0 aliphatic heterocycles. The van der Waals surface area contributed by atoms with Gasteiger partial charge in [0, 0.05) is 23.6 Å². The van der Waals surface area contributed by atoms with Gasteiger partial charge in [0.05, 0.1) is 9.95 Å². The van der Waals surface area contributed by atoms with E-state index in [0.29, 0.717) is 5.56 Å². The second kappa shape index (κ2) is 6.82. The van der Waals surface area contributed by atoms with Crippen LogP contribution in [0.15, 0.2) is 12.1 Å². The molecule has 6 heteroatoms. The molecular weight excluding hydrogens is 271 g/mol. The molecule has 1 rings (SSSR count). The molecule has 4 nitrogen and oxygen atoms in total. The maximum Gasteiger partial charge on any atom is 0.274 e. The Hall–Kier alpha value is -1.20. The van der Waals surface area contributed by atoms with Crippen molar-refractivity contribution in [2.24, 2.45) is 0 Å². The van der Waals surface area contributed by atoms with E-state index in [2.05, 4.69) is 5.32 Å². The minimum atomic E-state index is -0.628. The zero-order valence-corrected chi connectivity index (χ0v) is 12.0. The number of nitro groups is 1. The van der Waals surface area contributed by atoms with E-state index in [1.165, 1.54) is 0 Å². The van der Waals surface area contributed by atoms with Crippen LogP contribution in [0.5, 0.6) is 0 Å². The van der Waals surface area contributed by atoms with Gasteiger partial charge in [-0.2, -0.15) is 0 Å². The van der Waals surface area contributed by atoms with Gasteiger partial charge in [0.2, 0.25) is 0 Å². The summed E-state index contributed by atoms with van der Waals surface area (Å²) in [6, 6.07) is 2.25. The van der Waals surface area contributed by atoms with E-state index in [-0.39, 0.29) is 22.7 Å². The number of hydrogen-bond acceptors (Lipinski definition) is 3. The third kappa shape index (κ3) is 3.88. The lowest BCUT2D eigenvalue weighted by Gasteiger charge is -2.21. The molecular formula is C13H18ClFN2O2. The van der Waals surface area contributed by atoms with Gasteiger partial charge < -0.3 is 5.32 Å². The van der Waals surface area contributed by atoms with Crippen molar-refractivity contribution in [2.45, 2.75) is 39.2 Å². The standard InChI is InChI=1S/C13H18ClFN2O2/c1-4-5-16-9(3)8(2)10-6-12(15)11(14)7-13(10)17(18)19/h6-9,16H,4-5H2,1-3H3. The zero-order valence-electron chi connectivity index (χ0n) is 11.2. The lowest BCUT2D eigenvalue weighted by molar-refractivity contribution is -0.385. The number of rotatable bonds is 6. The largest absolute Gasteiger partial charge is 0.314 e. The Balaban J connectivity index is 3.10. The number of nitrogens with one attached hydrogen (secondary N) is 1. The molecule has 0 bridgehead atoms. The van der Waals surface area contributed by atoms with Crippen molar-refractivity contribution in [3.8, 4) is 0 Å². The fourth-order valence-electron chi connectivity index (χ4n) is 1.89. The molecule has 2 atom stereocenters. The van der Waals surface area contributed by atoms with Gasteiger partial charge in [0.25, 0.3) is 5.69 Å². The molecule has 0 spiro atoms. The lowest BCUT2D eigenvalue weighted by atomic mass is 9.92. The summed E-state index contributed by atoms with van der Waals surface area (Å²) in [6.07, 6.45) is 0.966. The van der Waals surface area contributed by atoms with Crippen LogP contribution in [-0.4, -0.2) is 17.5 Å². The average Bonchev–Trinajstić information content (AvgIpc) is 2.37. The van der Waals surface area contributed by atoms with E-state index >= 15 is 0 Å². The topological polar surface area (TPSA) is 55.2 Å². The first-order valence-electron chi connectivity index (χ1n) is 6.25. The fraction of sp³-hybridized carbons (Fsp3) is 0.538. The molecule has 1 N–H and O–H groups in total. The lowest BCUT2D eigenvalue weighted by Crippen LogP contribution is -2.31. The smallest absolute Gasteiger partial charge is 0.274 e. The van der Waals surface area contributed by atoms with Gasteiger partial charge in [0.1, 0.15) is 5.82 Å². The molecule has 0 aromatic heterocycles. The monoisotopic (exact) mass is 288 g/mol. The van der Waals surface area contributed by atoms with Gasteiger partial charge in [-0.05, 0) is 26.0 Å². The van der Waals surface area contributed by atoms with Crippen LogP contribution in [-0.2, 0) is 0 Å². The molecule has 1 aromatic carbocycles. The summed E-state index contributed by atoms with van der Waals surface area (Å²) in [5, 5.41) is 14.1.